The highest BCUT2D eigenvalue weighted by Crippen LogP contribution is 2.29. The maximum Gasteiger partial charge on any atom is 0.101 e. The molecule has 0 unspecified atom stereocenters. The number of aryl methyl sites for hydroxylation is 1. The second-order valence-corrected chi connectivity index (χ2v) is 4.68. The standard InChI is InChI=1S/C15H11ClN2/c1-10-4-2-3-5-13(10)15-14-7-6-12(16)8-11(14)9-17-18-15/h2-9H,1H3. The van der Waals surface area contributed by atoms with Crippen LogP contribution in [0.2, 0.25) is 5.02 Å². The van der Waals surface area contributed by atoms with Crippen LogP contribution < -0.4 is 0 Å². The maximum absolute atomic E-state index is 6.00. The van der Waals surface area contributed by atoms with Gasteiger partial charge in [0.25, 0.3) is 0 Å². The molecule has 0 aliphatic rings. The summed E-state index contributed by atoms with van der Waals surface area (Å²) < 4.78 is 0. The van der Waals surface area contributed by atoms with E-state index >= 15 is 0 Å². The van der Waals surface area contributed by atoms with Crippen LogP contribution in [0, 0.1) is 6.92 Å². The second kappa shape index (κ2) is 4.39. The van der Waals surface area contributed by atoms with Crippen molar-refractivity contribution in [3.05, 3.63) is 59.2 Å². The summed E-state index contributed by atoms with van der Waals surface area (Å²) in [6.07, 6.45) is 1.74. The molecular formula is C15H11ClN2. The first kappa shape index (κ1) is 11.2. The van der Waals surface area contributed by atoms with Crippen LogP contribution in [0.5, 0.6) is 0 Å². The molecule has 1 aromatic heterocycles. The summed E-state index contributed by atoms with van der Waals surface area (Å²) in [6, 6.07) is 14.0. The Kier molecular flexibility index (Phi) is 2.73. The number of aromatic nitrogens is 2. The number of benzene rings is 2. The highest BCUT2D eigenvalue weighted by Gasteiger charge is 2.08. The van der Waals surface area contributed by atoms with Crippen molar-refractivity contribution in [1.29, 1.82) is 0 Å². The van der Waals surface area contributed by atoms with Gasteiger partial charge in [0.05, 0.1) is 6.20 Å². The van der Waals surface area contributed by atoms with Gasteiger partial charge in [0.15, 0.2) is 0 Å². The molecule has 2 nitrogen and oxygen atoms in total. The molecule has 88 valence electrons. The van der Waals surface area contributed by atoms with Crippen molar-refractivity contribution in [3.63, 3.8) is 0 Å². The lowest BCUT2D eigenvalue weighted by atomic mass is 10.0. The third-order valence-corrected chi connectivity index (χ3v) is 3.26. The topological polar surface area (TPSA) is 25.8 Å². The molecule has 0 N–H and O–H groups in total. The van der Waals surface area contributed by atoms with E-state index in [1.165, 1.54) is 5.56 Å². The lowest BCUT2D eigenvalue weighted by molar-refractivity contribution is 1.05. The van der Waals surface area contributed by atoms with E-state index in [4.69, 9.17) is 11.6 Å². The van der Waals surface area contributed by atoms with E-state index < -0.39 is 0 Å². The molecule has 3 heteroatoms. The minimum absolute atomic E-state index is 0.714. The maximum atomic E-state index is 6.00. The average molecular weight is 255 g/mol. The molecule has 0 aliphatic carbocycles. The fraction of sp³-hybridized carbons (Fsp3) is 0.0667. The molecule has 0 saturated heterocycles. The molecule has 3 rings (SSSR count). The van der Waals surface area contributed by atoms with Crippen LogP contribution in [0.1, 0.15) is 5.56 Å². The Morgan fingerprint density at radius 2 is 1.89 bits per heavy atom. The first-order valence-corrected chi connectivity index (χ1v) is 6.10. The molecule has 2 aromatic carbocycles. The predicted molar refractivity (Wildman–Crippen MR) is 74.7 cm³/mol. The molecule has 3 aromatic rings. The van der Waals surface area contributed by atoms with Crippen LogP contribution in [0.15, 0.2) is 48.7 Å². The molecule has 0 saturated carbocycles. The second-order valence-electron chi connectivity index (χ2n) is 4.24. The van der Waals surface area contributed by atoms with Crippen LogP contribution in [-0.2, 0) is 0 Å². The third kappa shape index (κ3) is 1.85. The molecule has 0 atom stereocenters. The zero-order valence-corrected chi connectivity index (χ0v) is 10.6. The van der Waals surface area contributed by atoms with Gasteiger partial charge in [0.1, 0.15) is 5.69 Å². The number of hydrogen-bond donors (Lipinski definition) is 0. The van der Waals surface area contributed by atoms with Crippen molar-refractivity contribution in [2.45, 2.75) is 6.92 Å². The summed E-state index contributed by atoms with van der Waals surface area (Å²) in [5.74, 6) is 0. The lowest BCUT2D eigenvalue weighted by Crippen LogP contribution is -1.91. The summed E-state index contributed by atoms with van der Waals surface area (Å²) in [5, 5.41) is 11.1. The van der Waals surface area contributed by atoms with Gasteiger partial charge < -0.3 is 0 Å². The summed E-state index contributed by atoms with van der Waals surface area (Å²) in [5.41, 5.74) is 3.20. The normalized spacial score (nSPS) is 10.8. The lowest BCUT2D eigenvalue weighted by Gasteiger charge is -2.07. The van der Waals surface area contributed by atoms with Gasteiger partial charge >= 0.3 is 0 Å². The quantitative estimate of drug-likeness (QED) is 0.648. The van der Waals surface area contributed by atoms with E-state index in [2.05, 4.69) is 29.3 Å². The summed E-state index contributed by atoms with van der Waals surface area (Å²) in [7, 11) is 0. The van der Waals surface area contributed by atoms with Crippen LogP contribution >= 0.6 is 11.6 Å². The van der Waals surface area contributed by atoms with Crippen molar-refractivity contribution in [2.24, 2.45) is 0 Å². The monoisotopic (exact) mass is 254 g/mol. The Bertz CT molecular complexity index is 723. The third-order valence-electron chi connectivity index (χ3n) is 3.02. The van der Waals surface area contributed by atoms with Gasteiger partial charge in [-0.2, -0.15) is 5.10 Å². The zero-order valence-electron chi connectivity index (χ0n) is 9.89. The highest BCUT2D eigenvalue weighted by atomic mass is 35.5. The van der Waals surface area contributed by atoms with Gasteiger partial charge in [-0.1, -0.05) is 41.9 Å². The fourth-order valence-electron chi connectivity index (χ4n) is 2.10. The molecular weight excluding hydrogens is 244 g/mol. The SMILES string of the molecule is Cc1ccccc1-c1nncc2cc(Cl)ccc12. The minimum Gasteiger partial charge on any atom is -0.158 e. The molecule has 0 aliphatic heterocycles. The van der Waals surface area contributed by atoms with Gasteiger partial charge in [0, 0.05) is 21.4 Å². The van der Waals surface area contributed by atoms with Gasteiger partial charge in [-0.15, -0.1) is 5.10 Å². The van der Waals surface area contributed by atoms with Gasteiger partial charge in [-0.25, -0.2) is 0 Å². The van der Waals surface area contributed by atoms with Crippen LogP contribution in [0.25, 0.3) is 22.0 Å². The molecule has 0 fully saturated rings. The Hall–Kier alpha value is -1.93. The number of hydrogen-bond acceptors (Lipinski definition) is 2. The number of fused-ring (bicyclic) bond motifs is 1. The van der Waals surface area contributed by atoms with Gasteiger partial charge in [-0.05, 0) is 24.6 Å². The Morgan fingerprint density at radius 1 is 1.06 bits per heavy atom. The fourth-order valence-corrected chi connectivity index (χ4v) is 2.28. The Labute approximate surface area is 110 Å². The number of rotatable bonds is 1. The van der Waals surface area contributed by atoms with E-state index in [0.29, 0.717) is 5.02 Å². The number of nitrogens with zero attached hydrogens (tertiary/aromatic N) is 2. The summed E-state index contributed by atoms with van der Waals surface area (Å²) in [6.45, 7) is 2.08. The Morgan fingerprint density at radius 3 is 2.72 bits per heavy atom. The highest BCUT2D eigenvalue weighted by molar-refractivity contribution is 6.31. The van der Waals surface area contributed by atoms with Crippen molar-refractivity contribution < 1.29 is 0 Å². The Balaban J connectivity index is 2.33. The summed E-state index contributed by atoms with van der Waals surface area (Å²) >= 11 is 6.00. The van der Waals surface area contributed by atoms with Gasteiger partial charge in [-0.3, -0.25) is 0 Å². The average Bonchev–Trinajstić information content (AvgIpc) is 2.38. The van der Waals surface area contributed by atoms with Crippen molar-refractivity contribution in [1.82, 2.24) is 10.2 Å². The molecule has 0 spiro atoms. The van der Waals surface area contributed by atoms with E-state index in [9.17, 15) is 0 Å². The predicted octanol–water partition coefficient (Wildman–Crippen LogP) is 4.26. The van der Waals surface area contributed by atoms with Crippen LogP contribution in [0.3, 0.4) is 0 Å². The smallest absolute Gasteiger partial charge is 0.101 e. The van der Waals surface area contributed by atoms with Crippen LogP contribution in [0.4, 0.5) is 0 Å². The largest absolute Gasteiger partial charge is 0.158 e. The zero-order chi connectivity index (χ0) is 12.5. The van der Waals surface area contributed by atoms with Crippen molar-refractivity contribution in [2.75, 3.05) is 0 Å². The van der Waals surface area contributed by atoms with E-state index in [-0.39, 0.29) is 0 Å². The molecule has 0 radical (unpaired) electrons. The summed E-state index contributed by atoms with van der Waals surface area (Å²) in [4.78, 5) is 0. The molecule has 0 amide bonds. The van der Waals surface area contributed by atoms with E-state index in [1.807, 2.05) is 30.3 Å². The van der Waals surface area contributed by atoms with Gasteiger partial charge in [0.2, 0.25) is 0 Å². The number of halogens is 1. The minimum atomic E-state index is 0.714. The first-order valence-electron chi connectivity index (χ1n) is 5.72. The molecule has 18 heavy (non-hydrogen) atoms. The van der Waals surface area contributed by atoms with E-state index in [0.717, 1.165) is 22.0 Å². The molecule has 1 heterocycles. The van der Waals surface area contributed by atoms with Crippen molar-refractivity contribution in [3.8, 4) is 11.3 Å². The molecule has 0 bridgehead atoms. The first-order chi connectivity index (χ1) is 8.75. The van der Waals surface area contributed by atoms with Crippen LogP contribution in [-0.4, -0.2) is 10.2 Å². The van der Waals surface area contributed by atoms with Crippen molar-refractivity contribution >= 4 is 22.4 Å². The van der Waals surface area contributed by atoms with E-state index in [1.54, 1.807) is 6.20 Å².